The van der Waals surface area contributed by atoms with E-state index in [0.29, 0.717) is 22.0 Å². The van der Waals surface area contributed by atoms with Gasteiger partial charge in [0, 0.05) is 16.3 Å². The first-order valence-electron chi connectivity index (χ1n) is 8.99. The van der Waals surface area contributed by atoms with Crippen molar-refractivity contribution in [2.75, 3.05) is 18.5 Å². The van der Waals surface area contributed by atoms with Crippen molar-refractivity contribution in [1.29, 1.82) is 0 Å². The molecular formula is C21H17ClN2O5S2. The van der Waals surface area contributed by atoms with Gasteiger partial charge in [-0.3, -0.25) is 19.3 Å². The smallest absolute Gasteiger partial charge is 0.323 e. The first-order chi connectivity index (χ1) is 14.7. The van der Waals surface area contributed by atoms with Gasteiger partial charge in [-0.05, 0) is 43.3 Å². The summed E-state index contributed by atoms with van der Waals surface area (Å²) in [5.41, 5.74) is 2.19. The van der Waals surface area contributed by atoms with Gasteiger partial charge in [-0.25, -0.2) is 0 Å². The molecule has 2 aromatic carbocycles. The van der Waals surface area contributed by atoms with E-state index < -0.39 is 18.4 Å². The highest BCUT2D eigenvalue weighted by Crippen LogP contribution is 2.35. The number of carboxylic acid groups (broad SMARTS) is 1. The summed E-state index contributed by atoms with van der Waals surface area (Å²) in [6.07, 6.45) is 1.51. The van der Waals surface area contributed by atoms with E-state index >= 15 is 0 Å². The lowest BCUT2D eigenvalue weighted by molar-refractivity contribution is -0.140. The van der Waals surface area contributed by atoms with Crippen molar-refractivity contribution in [3.05, 3.63) is 63.5 Å². The predicted molar refractivity (Wildman–Crippen MR) is 124 cm³/mol. The molecule has 0 aliphatic carbocycles. The van der Waals surface area contributed by atoms with E-state index in [0.717, 1.165) is 22.2 Å². The fourth-order valence-electron chi connectivity index (χ4n) is 2.65. The van der Waals surface area contributed by atoms with Crippen molar-refractivity contribution in [2.45, 2.75) is 6.92 Å². The molecular weight excluding hydrogens is 460 g/mol. The van der Waals surface area contributed by atoms with Crippen molar-refractivity contribution >= 4 is 69.4 Å². The number of benzene rings is 2. The number of thioether (sulfide) groups is 1. The Kier molecular flexibility index (Phi) is 7.32. The van der Waals surface area contributed by atoms with E-state index in [9.17, 15) is 14.4 Å². The summed E-state index contributed by atoms with van der Waals surface area (Å²) in [5.74, 6) is -1.69. The summed E-state index contributed by atoms with van der Waals surface area (Å²) in [6, 6.07) is 12.1. The van der Waals surface area contributed by atoms with Gasteiger partial charge >= 0.3 is 5.97 Å². The van der Waals surface area contributed by atoms with Gasteiger partial charge in [0.15, 0.2) is 6.61 Å². The van der Waals surface area contributed by atoms with Gasteiger partial charge in [0.2, 0.25) is 0 Å². The van der Waals surface area contributed by atoms with Gasteiger partial charge in [0.05, 0.1) is 4.91 Å². The first-order valence-corrected chi connectivity index (χ1v) is 10.6. The summed E-state index contributed by atoms with van der Waals surface area (Å²) >= 11 is 12.2. The van der Waals surface area contributed by atoms with Crippen LogP contribution in [0.3, 0.4) is 0 Å². The molecule has 2 N–H and O–H groups in total. The number of aliphatic carboxylic acids is 1. The number of rotatable bonds is 7. The molecule has 1 saturated heterocycles. The van der Waals surface area contributed by atoms with E-state index in [1.54, 1.807) is 30.3 Å². The number of anilines is 1. The maximum atomic E-state index is 12.5. The van der Waals surface area contributed by atoms with Crippen LogP contribution in [0.5, 0.6) is 5.75 Å². The van der Waals surface area contributed by atoms with Crippen LogP contribution in [0.25, 0.3) is 6.08 Å². The summed E-state index contributed by atoms with van der Waals surface area (Å²) in [7, 11) is 0. The SMILES string of the molecule is Cc1ccc(NC(=O)COc2ccc(Cl)cc2/C=C2\SC(=S)N(CC(=O)O)C2=O)cc1. The molecule has 3 rings (SSSR count). The van der Waals surface area contributed by atoms with Crippen molar-refractivity contribution < 1.29 is 24.2 Å². The van der Waals surface area contributed by atoms with Crippen LogP contribution in [0.4, 0.5) is 5.69 Å². The number of halogens is 1. The van der Waals surface area contributed by atoms with Crippen LogP contribution in [0.15, 0.2) is 47.4 Å². The van der Waals surface area contributed by atoms with Crippen LogP contribution in [0.2, 0.25) is 5.02 Å². The van der Waals surface area contributed by atoms with Crippen molar-refractivity contribution in [3.8, 4) is 5.75 Å². The second kappa shape index (κ2) is 9.95. The molecule has 0 saturated carbocycles. The largest absolute Gasteiger partial charge is 0.483 e. The third-order valence-corrected chi connectivity index (χ3v) is 5.73. The van der Waals surface area contributed by atoms with Crippen molar-refractivity contribution in [1.82, 2.24) is 4.90 Å². The van der Waals surface area contributed by atoms with E-state index in [4.69, 9.17) is 33.7 Å². The fraction of sp³-hybridized carbons (Fsp3) is 0.143. The Hall–Kier alpha value is -2.88. The Labute approximate surface area is 193 Å². The highest BCUT2D eigenvalue weighted by Gasteiger charge is 2.33. The van der Waals surface area contributed by atoms with Gasteiger partial charge in [0.1, 0.15) is 16.6 Å². The van der Waals surface area contributed by atoms with Gasteiger partial charge in [0.25, 0.3) is 11.8 Å². The minimum atomic E-state index is -1.16. The van der Waals surface area contributed by atoms with Gasteiger partial charge in [-0.15, -0.1) is 0 Å². The van der Waals surface area contributed by atoms with Crippen LogP contribution in [-0.4, -0.2) is 45.3 Å². The molecule has 0 spiro atoms. The number of ether oxygens (including phenoxy) is 1. The van der Waals surface area contributed by atoms with Crippen LogP contribution in [0.1, 0.15) is 11.1 Å². The molecule has 0 unspecified atom stereocenters. The monoisotopic (exact) mass is 476 g/mol. The first kappa shape index (κ1) is 22.8. The van der Waals surface area contributed by atoms with Crippen molar-refractivity contribution in [3.63, 3.8) is 0 Å². The Bertz CT molecular complexity index is 1090. The van der Waals surface area contributed by atoms with Crippen LogP contribution >= 0.6 is 35.6 Å². The van der Waals surface area contributed by atoms with Crippen LogP contribution in [-0.2, 0) is 14.4 Å². The zero-order valence-corrected chi connectivity index (χ0v) is 18.6. The number of carboxylic acids is 1. The molecule has 1 heterocycles. The molecule has 0 bridgehead atoms. The molecule has 2 amide bonds. The average molecular weight is 477 g/mol. The summed E-state index contributed by atoms with van der Waals surface area (Å²) < 4.78 is 5.79. The third kappa shape index (κ3) is 6.06. The molecule has 1 aliphatic rings. The number of thiocarbonyl (C=S) groups is 1. The van der Waals surface area contributed by atoms with Gasteiger partial charge in [-0.2, -0.15) is 0 Å². The molecule has 160 valence electrons. The summed E-state index contributed by atoms with van der Waals surface area (Å²) in [6.45, 7) is 1.18. The minimum absolute atomic E-state index is 0.153. The summed E-state index contributed by atoms with van der Waals surface area (Å²) in [4.78, 5) is 36.9. The molecule has 31 heavy (non-hydrogen) atoms. The standard InChI is InChI=1S/C21H17ClN2O5S2/c1-12-2-5-15(6-3-12)23-18(25)11-29-16-7-4-14(22)8-13(16)9-17-20(28)24(10-19(26)27)21(30)31-17/h2-9H,10-11H2,1H3,(H,23,25)(H,26,27)/b17-9-. The number of nitrogens with zero attached hydrogens (tertiary/aromatic N) is 1. The topological polar surface area (TPSA) is 95.9 Å². The van der Waals surface area contributed by atoms with E-state index in [1.165, 1.54) is 6.08 Å². The normalized spacial score (nSPS) is 14.8. The quantitative estimate of drug-likeness (QED) is 0.461. The number of hydrogen-bond acceptors (Lipinski definition) is 6. The molecule has 7 nitrogen and oxygen atoms in total. The number of carbonyl (C=O) groups excluding carboxylic acids is 2. The van der Waals surface area contributed by atoms with Gasteiger partial charge in [-0.1, -0.05) is 53.3 Å². The van der Waals surface area contributed by atoms with Crippen LogP contribution in [0, 0.1) is 6.92 Å². The average Bonchev–Trinajstić information content (AvgIpc) is 2.96. The molecule has 0 aromatic heterocycles. The van der Waals surface area contributed by atoms with E-state index in [2.05, 4.69) is 5.32 Å². The second-order valence-corrected chi connectivity index (χ2v) is 8.66. The maximum Gasteiger partial charge on any atom is 0.323 e. The van der Waals surface area contributed by atoms with Crippen molar-refractivity contribution in [2.24, 2.45) is 0 Å². The molecule has 1 aliphatic heterocycles. The zero-order chi connectivity index (χ0) is 22.5. The Morgan fingerprint density at radius 1 is 1.26 bits per heavy atom. The molecule has 0 radical (unpaired) electrons. The third-order valence-electron chi connectivity index (χ3n) is 4.12. The van der Waals surface area contributed by atoms with Crippen LogP contribution < -0.4 is 10.1 Å². The lowest BCUT2D eigenvalue weighted by Crippen LogP contribution is -2.33. The highest BCUT2D eigenvalue weighted by molar-refractivity contribution is 8.26. The number of carbonyl (C=O) groups is 3. The van der Waals surface area contributed by atoms with E-state index in [-0.39, 0.29) is 21.7 Å². The molecule has 10 heteroatoms. The minimum Gasteiger partial charge on any atom is -0.483 e. The van der Waals surface area contributed by atoms with E-state index in [1.807, 2.05) is 19.1 Å². The maximum absolute atomic E-state index is 12.5. The lowest BCUT2D eigenvalue weighted by Gasteiger charge is -2.11. The summed E-state index contributed by atoms with van der Waals surface area (Å²) in [5, 5.41) is 12.1. The number of amides is 2. The van der Waals surface area contributed by atoms with Gasteiger partial charge < -0.3 is 15.2 Å². The molecule has 2 aromatic rings. The number of hydrogen-bond donors (Lipinski definition) is 2. The highest BCUT2D eigenvalue weighted by atomic mass is 35.5. The number of aryl methyl sites for hydroxylation is 1. The Morgan fingerprint density at radius 2 is 1.97 bits per heavy atom. The lowest BCUT2D eigenvalue weighted by atomic mass is 10.2. The molecule has 0 atom stereocenters. The molecule has 1 fully saturated rings. The Balaban J connectivity index is 1.73. The second-order valence-electron chi connectivity index (χ2n) is 6.55. The Morgan fingerprint density at radius 3 is 2.65 bits per heavy atom. The predicted octanol–water partition coefficient (Wildman–Crippen LogP) is 3.95. The number of nitrogens with one attached hydrogen (secondary N) is 1. The zero-order valence-electron chi connectivity index (χ0n) is 16.3. The fourth-order valence-corrected chi connectivity index (χ4v) is 4.08.